The van der Waals surface area contributed by atoms with E-state index in [1.807, 2.05) is 13.0 Å². The van der Waals surface area contributed by atoms with Crippen LogP contribution in [-0.4, -0.2) is 29.2 Å². The van der Waals surface area contributed by atoms with Crippen molar-refractivity contribution in [2.24, 2.45) is 4.99 Å². The lowest BCUT2D eigenvalue weighted by atomic mass is 10.1. The van der Waals surface area contributed by atoms with Crippen molar-refractivity contribution >= 4 is 23.4 Å². The van der Waals surface area contributed by atoms with Gasteiger partial charge in [-0.05, 0) is 51.2 Å². The van der Waals surface area contributed by atoms with Crippen molar-refractivity contribution in [2.75, 3.05) is 13.1 Å². The van der Waals surface area contributed by atoms with Gasteiger partial charge in [0.05, 0.1) is 16.4 Å². The van der Waals surface area contributed by atoms with Crippen molar-refractivity contribution in [3.8, 4) is 0 Å². The van der Waals surface area contributed by atoms with Crippen molar-refractivity contribution in [3.05, 3.63) is 47.5 Å². The number of nitrogens with zero attached hydrogens (tertiary/aromatic N) is 2. The zero-order valence-corrected chi connectivity index (χ0v) is 15.0. The largest absolute Gasteiger partial charge is 0.370 e. The third kappa shape index (κ3) is 5.47. The Morgan fingerprint density at radius 2 is 2.13 bits per heavy atom. The van der Waals surface area contributed by atoms with Crippen molar-refractivity contribution in [2.45, 2.75) is 46.0 Å². The van der Waals surface area contributed by atoms with Crippen LogP contribution in [0, 0.1) is 0 Å². The summed E-state index contributed by atoms with van der Waals surface area (Å²) in [5.41, 5.74) is 3.72. The Labute approximate surface area is 145 Å². The Balaban J connectivity index is 2.15. The van der Waals surface area contributed by atoms with Gasteiger partial charge in [-0.2, -0.15) is 0 Å². The minimum Gasteiger partial charge on any atom is -0.370 e. The van der Waals surface area contributed by atoms with Crippen LogP contribution in [0.15, 0.2) is 52.5 Å². The van der Waals surface area contributed by atoms with Crippen LogP contribution in [0.4, 0.5) is 0 Å². The SMILES string of the molecule is CC=N/C=C\CC(=S)NC1=C(N2CCCCC2)C=CCC=C1C. The quantitative estimate of drug-likeness (QED) is 0.594. The van der Waals surface area contributed by atoms with Gasteiger partial charge >= 0.3 is 0 Å². The maximum absolute atomic E-state index is 5.52. The van der Waals surface area contributed by atoms with Crippen LogP contribution in [0.3, 0.4) is 0 Å². The summed E-state index contributed by atoms with van der Waals surface area (Å²) >= 11 is 5.52. The predicted octanol–water partition coefficient (Wildman–Crippen LogP) is 4.50. The van der Waals surface area contributed by atoms with E-state index in [1.165, 1.54) is 30.5 Å². The number of nitrogens with one attached hydrogen (secondary N) is 1. The minimum absolute atomic E-state index is 0.709. The summed E-state index contributed by atoms with van der Waals surface area (Å²) in [7, 11) is 0. The summed E-state index contributed by atoms with van der Waals surface area (Å²) in [5.74, 6) is 0. The smallest absolute Gasteiger partial charge is 0.0836 e. The molecule has 0 aromatic rings. The van der Waals surface area contributed by atoms with Crippen molar-refractivity contribution in [1.29, 1.82) is 0 Å². The highest BCUT2D eigenvalue weighted by atomic mass is 32.1. The predicted molar refractivity (Wildman–Crippen MR) is 104 cm³/mol. The zero-order valence-electron chi connectivity index (χ0n) is 14.2. The van der Waals surface area contributed by atoms with Crippen molar-refractivity contribution < 1.29 is 0 Å². The molecule has 2 rings (SSSR count). The van der Waals surface area contributed by atoms with E-state index in [0.29, 0.717) is 6.42 Å². The van der Waals surface area contributed by atoms with Gasteiger partial charge in [0.25, 0.3) is 0 Å². The van der Waals surface area contributed by atoms with E-state index in [0.717, 1.165) is 30.2 Å². The first kappa shape index (κ1) is 17.7. The fourth-order valence-electron chi connectivity index (χ4n) is 2.87. The van der Waals surface area contributed by atoms with Gasteiger partial charge in [0.1, 0.15) is 0 Å². The van der Waals surface area contributed by atoms with Crippen LogP contribution < -0.4 is 5.32 Å². The summed E-state index contributed by atoms with van der Waals surface area (Å²) in [6.07, 6.45) is 17.9. The van der Waals surface area contributed by atoms with Gasteiger partial charge in [-0.1, -0.05) is 30.4 Å². The van der Waals surface area contributed by atoms with Crippen LogP contribution in [-0.2, 0) is 0 Å². The summed E-state index contributed by atoms with van der Waals surface area (Å²) in [4.78, 5) is 7.40. The third-order valence-electron chi connectivity index (χ3n) is 4.09. The molecule has 3 nitrogen and oxygen atoms in total. The van der Waals surface area contributed by atoms with Gasteiger partial charge in [-0.3, -0.25) is 4.99 Å². The monoisotopic (exact) mass is 329 g/mol. The van der Waals surface area contributed by atoms with Crippen molar-refractivity contribution in [1.82, 2.24) is 10.2 Å². The Kier molecular flexibility index (Phi) is 7.27. The lowest BCUT2D eigenvalue weighted by Gasteiger charge is -2.32. The summed E-state index contributed by atoms with van der Waals surface area (Å²) in [6, 6.07) is 0. The van der Waals surface area contributed by atoms with Gasteiger partial charge in [-0.25, -0.2) is 0 Å². The Morgan fingerprint density at radius 1 is 1.35 bits per heavy atom. The molecular weight excluding hydrogens is 302 g/mol. The van der Waals surface area contributed by atoms with Crippen LogP contribution >= 0.6 is 12.2 Å². The molecule has 0 atom stereocenters. The molecule has 0 radical (unpaired) electrons. The first-order chi connectivity index (χ1) is 11.2. The summed E-state index contributed by atoms with van der Waals surface area (Å²) in [6.45, 7) is 6.34. The average Bonchev–Trinajstić information content (AvgIpc) is 2.75. The van der Waals surface area contributed by atoms with Gasteiger partial charge in [0.15, 0.2) is 0 Å². The lowest BCUT2D eigenvalue weighted by Crippen LogP contribution is -2.33. The molecule has 1 aliphatic heterocycles. The maximum atomic E-state index is 5.52. The number of hydrogen-bond donors (Lipinski definition) is 1. The van der Waals surface area contributed by atoms with E-state index in [2.05, 4.69) is 40.4 Å². The highest BCUT2D eigenvalue weighted by molar-refractivity contribution is 7.80. The molecule has 0 saturated carbocycles. The number of piperidine rings is 1. The first-order valence-electron chi connectivity index (χ1n) is 8.48. The molecule has 23 heavy (non-hydrogen) atoms. The molecule has 1 heterocycles. The molecular formula is C19H27N3S. The molecule has 0 spiro atoms. The van der Waals surface area contributed by atoms with Crippen molar-refractivity contribution in [3.63, 3.8) is 0 Å². The number of hydrogen-bond acceptors (Lipinski definition) is 3. The third-order valence-corrected chi connectivity index (χ3v) is 4.36. The van der Waals surface area contributed by atoms with E-state index >= 15 is 0 Å². The second-order valence-corrected chi connectivity index (χ2v) is 6.37. The molecule has 4 heteroatoms. The molecule has 1 saturated heterocycles. The topological polar surface area (TPSA) is 27.6 Å². The minimum atomic E-state index is 0.709. The van der Waals surface area contributed by atoms with E-state index in [-0.39, 0.29) is 0 Å². The number of thiocarbonyl (C=S) groups is 1. The molecule has 0 bridgehead atoms. The standard InChI is InChI=1S/C19H27N3S/c1-3-20-13-9-12-18(23)21-19-16(2)10-5-6-11-17(19)22-14-7-4-8-15-22/h3,6,9-11,13H,4-5,7-8,12,14-15H2,1-2H3,(H,21,23)/b13-9-,20-3?. The molecule has 2 aliphatic rings. The first-order valence-corrected chi connectivity index (χ1v) is 8.88. The zero-order chi connectivity index (χ0) is 16.5. The normalized spacial score (nSPS) is 19.4. The molecule has 124 valence electrons. The van der Waals surface area contributed by atoms with Crippen LogP contribution in [0.2, 0.25) is 0 Å². The highest BCUT2D eigenvalue weighted by Gasteiger charge is 2.18. The van der Waals surface area contributed by atoms with E-state index in [1.54, 1.807) is 12.4 Å². The second kappa shape index (κ2) is 9.46. The fourth-order valence-corrected chi connectivity index (χ4v) is 3.07. The molecule has 0 amide bonds. The number of allylic oxidation sites excluding steroid dienone is 4. The molecule has 1 N–H and O–H groups in total. The number of aliphatic imine (C=N–C) groups is 1. The van der Waals surface area contributed by atoms with Crippen LogP contribution in [0.1, 0.15) is 46.0 Å². The summed E-state index contributed by atoms with van der Waals surface area (Å²) in [5, 5.41) is 3.48. The number of rotatable bonds is 5. The molecule has 1 fully saturated rings. The molecule has 0 unspecified atom stereocenters. The molecule has 0 aromatic carbocycles. The van der Waals surface area contributed by atoms with E-state index in [9.17, 15) is 0 Å². The second-order valence-electron chi connectivity index (χ2n) is 5.88. The van der Waals surface area contributed by atoms with E-state index in [4.69, 9.17) is 12.2 Å². The van der Waals surface area contributed by atoms with Crippen LogP contribution in [0.5, 0.6) is 0 Å². The molecule has 1 aliphatic carbocycles. The van der Waals surface area contributed by atoms with Gasteiger partial charge in [0.2, 0.25) is 0 Å². The fraction of sp³-hybridized carbons (Fsp3) is 0.474. The summed E-state index contributed by atoms with van der Waals surface area (Å²) < 4.78 is 0. The maximum Gasteiger partial charge on any atom is 0.0836 e. The van der Waals surface area contributed by atoms with E-state index < -0.39 is 0 Å². The van der Waals surface area contributed by atoms with Crippen LogP contribution in [0.25, 0.3) is 0 Å². The highest BCUT2D eigenvalue weighted by Crippen LogP contribution is 2.24. The Hall–Kier alpha value is -1.68. The number of likely N-dealkylation sites (tertiary alicyclic amines) is 1. The van der Waals surface area contributed by atoms with Gasteiger partial charge in [-0.15, -0.1) is 0 Å². The van der Waals surface area contributed by atoms with Gasteiger partial charge < -0.3 is 10.2 Å². The average molecular weight is 330 g/mol. The Bertz CT molecular complexity index is 561. The molecule has 0 aromatic heterocycles. The van der Waals surface area contributed by atoms with Gasteiger partial charge in [0, 0.05) is 31.9 Å². The Morgan fingerprint density at radius 3 is 2.87 bits per heavy atom. The lowest BCUT2D eigenvalue weighted by molar-refractivity contribution is 0.290.